The third-order valence-electron chi connectivity index (χ3n) is 1.49. The Bertz CT molecular complexity index is 277. The number of hydrogen-bond acceptors (Lipinski definition) is 2. The van der Waals surface area contributed by atoms with E-state index in [1.54, 1.807) is 12.2 Å². The van der Waals surface area contributed by atoms with Gasteiger partial charge in [0.2, 0.25) is 11.4 Å². The van der Waals surface area contributed by atoms with Crippen LogP contribution in [0.5, 0.6) is 0 Å². The maximum atomic E-state index is 11.0. The fourth-order valence-corrected chi connectivity index (χ4v) is 0.945. The third-order valence-corrected chi connectivity index (χ3v) is 1.49. The van der Waals surface area contributed by atoms with Crippen molar-refractivity contribution in [3.63, 3.8) is 0 Å². The summed E-state index contributed by atoms with van der Waals surface area (Å²) in [5.74, 6) is 0. The van der Waals surface area contributed by atoms with Gasteiger partial charge in [-0.05, 0) is 4.91 Å². The molecular weight excluding hydrogens is 154 g/mol. The van der Waals surface area contributed by atoms with Crippen LogP contribution in [0.1, 0.15) is 12.8 Å². The first kappa shape index (κ1) is 8.52. The molecule has 4 heteroatoms. The van der Waals surface area contributed by atoms with Crippen LogP contribution in [0.3, 0.4) is 0 Å². The molecule has 0 N–H and O–H groups in total. The molecule has 1 aliphatic heterocycles. The largest absolute Gasteiger partial charge is 0.234 e. The molecule has 1 heterocycles. The maximum Gasteiger partial charge on any atom is 0.234 e. The molecule has 0 aromatic rings. The number of allylic oxidation sites excluding steroid dienone is 2. The summed E-state index contributed by atoms with van der Waals surface area (Å²) in [5, 5.41) is 7.07. The van der Waals surface area contributed by atoms with Crippen molar-refractivity contribution in [2.75, 3.05) is 0 Å². The predicted molar refractivity (Wildman–Crippen MR) is 45.1 cm³/mol. The van der Waals surface area contributed by atoms with Crippen LogP contribution in [0.4, 0.5) is 0 Å². The fraction of sp³-hybridized carbons (Fsp3) is 0.250. The van der Waals surface area contributed by atoms with E-state index in [0.29, 0.717) is 29.1 Å². The molecule has 0 unspecified atom stereocenters. The van der Waals surface area contributed by atoms with Gasteiger partial charge in [-0.1, -0.05) is 12.2 Å². The SMILES string of the molecule is C=CCC1=C(CC=C)[N+](=O)N=N1. The molecule has 12 heavy (non-hydrogen) atoms. The van der Waals surface area contributed by atoms with Gasteiger partial charge in [0, 0.05) is 12.8 Å². The number of nitroso groups, excluding NO2 is 1. The standard InChI is InChI=1S/C8H10N3O/c1-3-5-7-8(6-4-2)11(12)10-9-7/h3-4H,1-2,5-6H2/q+1. The third kappa shape index (κ3) is 1.53. The zero-order valence-corrected chi connectivity index (χ0v) is 6.73. The normalized spacial score (nSPS) is 15.5. The Balaban J connectivity index is 2.86. The lowest BCUT2D eigenvalue weighted by Gasteiger charge is -1.87. The molecule has 0 atom stereocenters. The van der Waals surface area contributed by atoms with Gasteiger partial charge in [-0.2, -0.15) is 0 Å². The minimum absolute atomic E-state index is 0.500. The van der Waals surface area contributed by atoms with Crippen LogP contribution in [0, 0.1) is 4.91 Å². The van der Waals surface area contributed by atoms with Crippen LogP contribution < -0.4 is 0 Å². The van der Waals surface area contributed by atoms with Gasteiger partial charge in [0.25, 0.3) is 0 Å². The molecule has 0 spiro atoms. The Kier molecular flexibility index (Phi) is 2.63. The van der Waals surface area contributed by atoms with Crippen LogP contribution in [0.2, 0.25) is 0 Å². The molecule has 0 aliphatic carbocycles. The van der Waals surface area contributed by atoms with Crippen LogP contribution in [-0.2, 0) is 0 Å². The molecular formula is C8H10N3O+. The van der Waals surface area contributed by atoms with E-state index in [4.69, 9.17) is 0 Å². The minimum Gasteiger partial charge on any atom is -0.103 e. The van der Waals surface area contributed by atoms with E-state index in [-0.39, 0.29) is 0 Å². The second-order valence-corrected chi connectivity index (χ2v) is 2.34. The molecule has 0 radical (unpaired) electrons. The molecule has 0 aromatic carbocycles. The molecule has 0 saturated heterocycles. The molecule has 0 fully saturated rings. The Morgan fingerprint density at radius 1 is 1.33 bits per heavy atom. The van der Waals surface area contributed by atoms with Crippen molar-refractivity contribution in [3.05, 3.63) is 41.6 Å². The van der Waals surface area contributed by atoms with E-state index in [1.807, 2.05) is 0 Å². The Morgan fingerprint density at radius 2 is 2.00 bits per heavy atom. The number of nitrogens with zero attached hydrogens (tertiary/aromatic N) is 3. The number of hydrogen-bond donors (Lipinski definition) is 0. The average Bonchev–Trinajstić information content (AvgIpc) is 2.37. The molecule has 1 aliphatic rings. The van der Waals surface area contributed by atoms with Gasteiger partial charge >= 0.3 is 0 Å². The summed E-state index contributed by atoms with van der Waals surface area (Å²) in [6, 6.07) is 0. The molecule has 0 amide bonds. The summed E-state index contributed by atoms with van der Waals surface area (Å²) < 4.78 is 0. The van der Waals surface area contributed by atoms with Crippen molar-refractivity contribution >= 4 is 0 Å². The zero-order chi connectivity index (χ0) is 8.97. The van der Waals surface area contributed by atoms with Gasteiger partial charge in [0.1, 0.15) is 4.87 Å². The Labute approximate surface area is 70.5 Å². The molecule has 0 bridgehead atoms. The van der Waals surface area contributed by atoms with Crippen molar-refractivity contribution in [1.29, 1.82) is 0 Å². The first-order chi connectivity index (χ1) is 5.79. The minimum atomic E-state index is 0.500. The topological polar surface area (TPSA) is 44.8 Å². The first-order valence-corrected chi connectivity index (χ1v) is 3.62. The monoisotopic (exact) mass is 164 g/mol. The highest BCUT2D eigenvalue weighted by atomic mass is 16.3. The first-order valence-electron chi connectivity index (χ1n) is 3.62. The van der Waals surface area contributed by atoms with Crippen molar-refractivity contribution in [1.82, 2.24) is 0 Å². The van der Waals surface area contributed by atoms with Crippen molar-refractivity contribution in [2.24, 2.45) is 10.3 Å². The lowest BCUT2D eigenvalue weighted by Crippen LogP contribution is -1.95. The lowest BCUT2D eigenvalue weighted by molar-refractivity contribution is -0.507. The number of rotatable bonds is 4. The smallest absolute Gasteiger partial charge is 0.103 e. The van der Waals surface area contributed by atoms with Crippen LogP contribution >= 0.6 is 0 Å². The summed E-state index contributed by atoms with van der Waals surface area (Å²) in [7, 11) is 0. The second-order valence-electron chi connectivity index (χ2n) is 2.34. The average molecular weight is 164 g/mol. The Hall–Kier alpha value is -1.58. The highest BCUT2D eigenvalue weighted by Gasteiger charge is 2.27. The van der Waals surface area contributed by atoms with E-state index in [9.17, 15) is 4.91 Å². The summed E-state index contributed by atoms with van der Waals surface area (Å²) in [6.45, 7) is 7.11. The van der Waals surface area contributed by atoms with Gasteiger partial charge in [0.15, 0.2) is 5.22 Å². The molecule has 62 valence electrons. The molecule has 4 nitrogen and oxygen atoms in total. The van der Waals surface area contributed by atoms with Crippen molar-refractivity contribution < 1.29 is 4.87 Å². The lowest BCUT2D eigenvalue weighted by atomic mass is 10.2. The molecule has 0 saturated carbocycles. The zero-order valence-electron chi connectivity index (χ0n) is 6.73. The van der Waals surface area contributed by atoms with E-state index in [1.165, 1.54) is 0 Å². The van der Waals surface area contributed by atoms with Gasteiger partial charge < -0.3 is 0 Å². The summed E-state index contributed by atoms with van der Waals surface area (Å²) in [4.78, 5) is 11.5. The molecule has 0 aromatic heterocycles. The quantitative estimate of drug-likeness (QED) is 0.465. The highest BCUT2D eigenvalue weighted by Crippen LogP contribution is 2.22. The summed E-state index contributed by atoms with van der Waals surface area (Å²) in [5.41, 5.74) is 1.24. The van der Waals surface area contributed by atoms with Gasteiger partial charge in [-0.3, -0.25) is 0 Å². The highest BCUT2D eigenvalue weighted by molar-refractivity contribution is 5.12. The van der Waals surface area contributed by atoms with Crippen LogP contribution in [0.25, 0.3) is 0 Å². The van der Waals surface area contributed by atoms with Gasteiger partial charge in [-0.15, -0.1) is 13.2 Å². The van der Waals surface area contributed by atoms with Gasteiger partial charge in [-0.25, -0.2) is 0 Å². The van der Waals surface area contributed by atoms with E-state index in [2.05, 4.69) is 23.5 Å². The maximum absolute atomic E-state index is 11.0. The van der Waals surface area contributed by atoms with E-state index in [0.717, 1.165) is 0 Å². The fourth-order valence-electron chi connectivity index (χ4n) is 0.945. The molecule has 1 rings (SSSR count). The van der Waals surface area contributed by atoms with Crippen LogP contribution in [0.15, 0.2) is 47.0 Å². The van der Waals surface area contributed by atoms with Crippen molar-refractivity contribution in [3.8, 4) is 0 Å². The summed E-state index contributed by atoms with van der Waals surface area (Å²) in [6.07, 6.45) is 4.42. The second kappa shape index (κ2) is 3.71. The van der Waals surface area contributed by atoms with E-state index < -0.39 is 0 Å². The van der Waals surface area contributed by atoms with Gasteiger partial charge in [0.05, 0.1) is 5.11 Å². The predicted octanol–water partition coefficient (Wildman–Crippen LogP) is 2.51. The Morgan fingerprint density at radius 3 is 2.58 bits per heavy atom. The van der Waals surface area contributed by atoms with E-state index >= 15 is 0 Å². The van der Waals surface area contributed by atoms with Crippen LogP contribution in [-0.4, -0.2) is 4.87 Å². The van der Waals surface area contributed by atoms with Crippen molar-refractivity contribution in [2.45, 2.75) is 12.8 Å². The summed E-state index contributed by atoms with van der Waals surface area (Å²) >= 11 is 0.